The van der Waals surface area contributed by atoms with Crippen molar-refractivity contribution in [3.63, 3.8) is 0 Å². The van der Waals surface area contributed by atoms with Gasteiger partial charge < -0.3 is 9.32 Å². The molecule has 0 spiro atoms. The summed E-state index contributed by atoms with van der Waals surface area (Å²) >= 11 is 0. The Morgan fingerprint density at radius 2 is 1.78 bits per heavy atom. The molecule has 4 nitrogen and oxygen atoms in total. The third-order valence-corrected chi connectivity index (χ3v) is 4.59. The van der Waals surface area contributed by atoms with E-state index >= 15 is 0 Å². The topological polar surface area (TPSA) is 50.5 Å². The van der Waals surface area contributed by atoms with Gasteiger partial charge in [-0.3, -0.25) is 4.79 Å². The highest BCUT2D eigenvalue weighted by Crippen LogP contribution is 2.27. The summed E-state index contributed by atoms with van der Waals surface area (Å²) in [5.74, 6) is -0.163. The van der Waals surface area contributed by atoms with E-state index in [2.05, 4.69) is 18.7 Å². The van der Waals surface area contributed by atoms with Gasteiger partial charge in [-0.25, -0.2) is 4.79 Å². The van der Waals surface area contributed by atoms with Crippen LogP contribution in [-0.4, -0.2) is 18.9 Å². The van der Waals surface area contributed by atoms with Crippen LogP contribution in [0.2, 0.25) is 0 Å². The largest absolute Gasteiger partial charge is 0.422 e. The van der Waals surface area contributed by atoms with E-state index in [-0.39, 0.29) is 11.3 Å². The lowest BCUT2D eigenvalue weighted by molar-refractivity contribution is 0.0829. The fourth-order valence-corrected chi connectivity index (χ4v) is 2.58. The van der Waals surface area contributed by atoms with E-state index in [9.17, 15) is 9.59 Å². The molecule has 0 saturated carbocycles. The van der Waals surface area contributed by atoms with Gasteiger partial charge in [-0.15, -0.1) is 0 Å². The predicted molar refractivity (Wildman–Crippen MR) is 94.4 cm³/mol. The van der Waals surface area contributed by atoms with Crippen LogP contribution in [0.4, 0.5) is 5.69 Å². The Labute approximate surface area is 137 Å². The van der Waals surface area contributed by atoms with Gasteiger partial charge in [0.1, 0.15) is 11.1 Å². The Bertz CT molecular complexity index is 770. The second kappa shape index (κ2) is 6.57. The first-order valence-corrected chi connectivity index (χ1v) is 8.21. The number of hydrogen-bond acceptors (Lipinski definition) is 4. The standard InChI is InChI=1S/C19H25NO3/c1-6-19(4,5)17(21)15-12-13-11-14(20(7-2)8-3)9-10-16(13)23-18(15)22/h9-12H,6-8H2,1-5H3. The summed E-state index contributed by atoms with van der Waals surface area (Å²) in [5, 5.41) is 0.782. The summed E-state index contributed by atoms with van der Waals surface area (Å²) in [4.78, 5) is 27.0. The number of carbonyl (C=O) groups excluding carboxylic acids is 1. The van der Waals surface area contributed by atoms with Crippen molar-refractivity contribution in [2.45, 2.75) is 41.0 Å². The van der Waals surface area contributed by atoms with Crippen molar-refractivity contribution in [2.75, 3.05) is 18.0 Å². The highest BCUT2D eigenvalue weighted by molar-refractivity contribution is 6.01. The summed E-state index contributed by atoms with van der Waals surface area (Å²) in [6.07, 6.45) is 0.669. The fourth-order valence-electron chi connectivity index (χ4n) is 2.58. The highest BCUT2D eigenvalue weighted by Gasteiger charge is 2.29. The Morgan fingerprint density at radius 3 is 2.35 bits per heavy atom. The monoisotopic (exact) mass is 315 g/mol. The molecule has 2 aromatic rings. The van der Waals surface area contributed by atoms with Crippen LogP contribution in [0.25, 0.3) is 11.0 Å². The van der Waals surface area contributed by atoms with Gasteiger partial charge in [-0.2, -0.15) is 0 Å². The molecule has 0 fully saturated rings. The van der Waals surface area contributed by atoms with Crippen LogP contribution in [0.15, 0.2) is 33.5 Å². The minimum Gasteiger partial charge on any atom is -0.422 e. The third kappa shape index (κ3) is 3.31. The number of benzene rings is 1. The van der Waals surface area contributed by atoms with E-state index in [4.69, 9.17) is 4.42 Å². The zero-order chi connectivity index (χ0) is 17.2. The maximum Gasteiger partial charge on any atom is 0.347 e. The Kier molecular flexibility index (Phi) is 4.93. The molecular formula is C19H25NO3. The SMILES string of the molecule is CCN(CC)c1ccc2oc(=O)c(C(=O)C(C)(C)CC)cc2c1. The zero-order valence-corrected chi connectivity index (χ0v) is 14.6. The molecule has 2 rings (SSSR count). The molecule has 0 unspecified atom stereocenters. The van der Waals surface area contributed by atoms with E-state index in [1.807, 2.05) is 32.9 Å². The Morgan fingerprint density at radius 1 is 1.13 bits per heavy atom. The molecule has 1 aromatic heterocycles. The van der Waals surface area contributed by atoms with Crippen molar-refractivity contribution in [2.24, 2.45) is 5.41 Å². The number of ketones is 1. The molecule has 0 N–H and O–H groups in total. The smallest absolute Gasteiger partial charge is 0.347 e. The molecule has 0 aliphatic carbocycles. The minimum absolute atomic E-state index is 0.140. The first-order valence-electron chi connectivity index (χ1n) is 8.21. The molecule has 0 aliphatic heterocycles. The molecule has 0 aliphatic rings. The molecule has 1 aromatic carbocycles. The molecule has 23 heavy (non-hydrogen) atoms. The molecule has 0 saturated heterocycles. The summed E-state index contributed by atoms with van der Waals surface area (Å²) in [6, 6.07) is 7.38. The summed E-state index contributed by atoms with van der Waals surface area (Å²) in [5.41, 5.74) is 0.584. The third-order valence-electron chi connectivity index (χ3n) is 4.59. The molecular weight excluding hydrogens is 290 g/mol. The average Bonchev–Trinajstić information content (AvgIpc) is 2.54. The highest BCUT2D eigenvalue weighted by atomic mass is 16.4. The lowest BCUT2D eigenvalue weighted by Gasteiger charge is -2.22. The molecule has 0 atom stereocenters. The quantitative estimate of drug-likeness (QED) is 0.590. The summed E-state index contributed by atoms with van der Waals surface area (Å²) in [7, 11) is 0. The van der Waals surface area contributed by atoms with Gasteiger partial charge in [0.25, 0.3) is 0 Å². The lowest BCUT2D eigenvalue weighted by Crippen LogP contribution is -2.28. The molecule has 124 valence electrons. The number of Topliss-reactive ketones (excluding diaryl/α,β-unsaturated/α-hetero) is 1. The van der Waals surface area contributed by atoms with Crippen molar-refractivity contribution in [3.05, 3.63) is 40.2 Å². The van der Waals surface area contributed by atoms with Crippen LogP contribution < -0.4 is 10.5 Å². The van der Waals surface area contributed by atoms with E-state index in [0.717, 1.165) is 24.2 Å². The van der Waals surface area contributed by atoms with Gasteiger partial charge in [0.2, 0.25) is 0 Å². The zero-order valence-electron chi connectivity index (χ0n) is 14.6. The molecule has 4 heteroatoms. The number of carbonyl (C=O) groups is 1. The van der Waals surface area contributed by atoms with Gasteiger partial charge in [-0.05, 0) is 44.5 Å². The minimum atomic E-state index is -0.571. The van der Waals surface area contributed by atoms with Crippen LogP contribution in [0.5, 0.6) is 0 Å². The van der Waals surface area contributed by atoms with Crippen LogP contribution in [0.1, 0.15) is 51.4 Å². The maximum absolute atomic E-state index is 12.6. The Balaban J connectivity index is 2.58. The number of hydrogen-bond donors (Lipinski definition) is 0. The van der Waals surface area contributed by atoms with Crippen LogP contribution in [0, 0.1) is 5.41 Å². The van der Waals surface area contributed by atoms with Crippen molar-refractivity contribution in [1.82, 2.24) is 0 Å². The van der Waals surface area contributed by atoms with Gasteiger partial charge in [0.15, 0.2) is 5.78 Å². The average molecular weight is 315 g/mol. The molecule has 1 heterocycles. The first-order chi connectivity index (χ1) is 10.8. The van der Waals surface area contributed by atoms with E-state index in [1.165, 1.54) is 0 Å². The summed E-state index contributed by atoms with van der Waals surface area (Å²) < 4.78 is 5.36. The van der Waals surface area contributed by atoms with E-state index in [0.29, 0.717) is 12.0 Å². The van der Waals surface area contributed by atoms with E-state index < -0.39 is 11.0 Å². The van der Waals surface area contributed by atoms with Crippen LogP contribution >= 0.6 is 0 Å². The van der Waals surface area contributed by atoms with Gasteiger partial charge >= 0.3 is 5.63 Å². The normalized spacial score (nSPS) is 11.7. The second-order valence-electron chi connectivity index (χ2n) is 6.41. The predicted octanol–water partition coefficient (Wildman–Crippen LogP) is 4.26. The molecule has 0 bridgehead atoms. The molecule has 0 radical (unpaired) electrons. The van der Waals surface area contributed by atoms with Gasteiger partial charge in [0.05, 0.1) is 0 Å². The van der Waals surface area contributed by atoms with Gasteiger partial charge in [-0.1, -0.05) is 20.8 Å². The lowest BCUT2D eigenvalue weighted by atomic mass is 9.82. The number of anilines is 1. The number of fused-ring (bicyclic) bond motifs is 1. The fraction of sp³-hybridized carbons (Fsp3) is 0.474. The number of rotatable bonds is 6. The summed E-state index contributed by atoms with van der Waals surface area (Å²) in [6.45, 7) is 11.6. The van der Waals surface area contributed by atoms with Crippen molar-refractivity contribution >= 4 is 22.4 Å². The van der Waals surface area contributed by atoms with E-state index in [1.54, 1.807) is 12.1 Å². The van der Waals surface area contributed by atoms with Crippen LogP contribution in [-0.2, 0) is 0 Å². The second-order valence-corrected chi connectivity index (χ2v) is 6.41. The first kappa shape index (κ1) is 17.3. The Hall–Kier alpha value is -2.10. The molecule has 0 amide bonds. The van der Waals surface area contributed by atoms with Gasteiger partial charge in [0, 0.05) is 29.6 Å². The van der Waals surface area contributed by atoms with Crippen molar-refractivity contribution in [3.8, 4) is 0 Å². The van der Waals surface area contributed by atoms with Crippen molar-refractivity contribution < 1.29 is 9.21 Å². The number of nitrogens with zero attached hydrogens (tertiary/aromatic N) is 1. The maximum atomic E-state index is 12.6. The van der Waals surface area contributed by atoms with Crippen LogP contribution in [0.3, 0.4) is 0 Å². The van der Waals surface area contributed by atoms with Crippen molar-refractivity contribution in [1.29, 1.82) is 0 Å².